The van der Waals surface area contributed by atoms with Crippen molar-refractivity contribution < 1.29 is 13.7 Å². The minimum atomic E-state index is -0.889. The van der Waals surface area contributed by atoms with Gasteiger partial charge in [-0.05, 0) is 50.3 Å². The second-order valence-corrected chi connectivity index (χ2v) is 7.24. The molecule has 0 bridgehead atoms. The van der Waals surface area contributed by atoms with E-state index in [-0.39, 0.29) is 17.7 Å². The summed E-state index contributed by atoms with van der Waals surface area (Å²) in [5.74, 6) is 0.0606. The van der Waals surface area contributed by atoms with E-state index in [2.05, 4.69) is 15.5 Å². The van der Waals surface area contributed by atoms with Crippen LogP contribution in [-0.2, 0) is 4.79 Å². The van der Waals surface area contributed by atoms with Crippen LogP contribution in [0.3, 0.4) is 0 Å². The largest absolute Gasteiger partial charge is 0.338 e. The lowest BCUT2D eigenvalue weighted by molar-refractivity contribution is -0.129. The van der Waals surface area contributed by atoms with Crippen molar-refractivity contribution >= 4 is 5.78 Å². The number of aryl methyl sites for hydroxylation is 2. The Morgan fingerprint density at radius 2 is 2.08 bits per heavy atom. The van der Waals surface area contributed by atoms with E-state index in [1.165, 1.54) is 5.56 Å². The van der Waals surface area contributed by atoms with Gasteiger partial charge in [0.05, 0.1) is 0 Å². The Labute approximate surface area is 146 Å². The van der Waals surface area contributed by atoms with E-state index in [9.17, 15) is 9.18 Å². The lowest BCUT2D eigenvalue weighted by Gasteiger charge is -2.38. The molecule has 1 aromatic carbocycles. The highest BCUT2D eigenvalue weighted by atomic mass is 19.1. The first-order chi connectivity index (χ1) is 12.0. The van der Waals surface area contributed by atoms with Crippen LogP contribution in [0.15, 0.2) is 22.7 Å². The van der Waals surface area contributed by atoms with Crippen molar-refractivity contribution in [3.63, 3.8) is 0 Å². The van der Waals surface area contributed by atoms with E-state index in [1.54, 1.807) is 0 Å². The first kappa shape index (κ1) is 16.4. The molecule has 1 aromatic heterocycles. The lowest BCUT2D eigenvalue weighted by atomic mass is 9.74. The number of hydrogen-bond acceptors (Lipinski definition) is 5. The van der Waals surface area contributed by atoms with Crippen LogP contribution >= 0.6 is 0 Å². The number of piperidine rings is 1. The van der Waals surface area contributed by atoms with Crippen molar-refractivity contribution in [3.05, 3.63) is 35.2 Å². The Hall–Kier alpha value is -2.08. The molecule has 0 amide bonds. The quantitative estimate of drug-likeness (QED) is 0.907. The van der Waals surface area contributed by atoms with Gasteiger partial charge in [-0.3, -0.25) is 4.79 Å². The molecule has 6 heteroatoms. The fraction of sp³-hybridized carbons (Fsp3) is 0.526. The monoisotopic (exact) mass is 343 g/mol. The summed E-state index contributed by atoms with van der Waals surface area (Å²) in [6.45, 7) is 4.56. The third-order valence-electron chi connectivity index (χ3n) is 5.58. The molecule has 1 aliphatic carbocycles. The van der Waals surface area contributed by atoms with Crippen LogP contribution in [0.5, 0.6) is 0 Å². The highest BCUT2D eigenvalue weighted by Gasteiger charge is 2.44. The van der Waals surface area contributed by atoms with E-state index < -0.39 is 12.1 Å². The average Bonchev–Trinajstić information content (AvgIpc) is 3.08. The number of Topliss-reactive ketones (excluding diaryl/α,β-unsaturated/α-hetero) is 1. The number of carbonyl (C=O) groups is 1. The van der Waals surface area contributed by atoms with Crippen LogP contribution in [0, 0.1) is 19.8 Å². The predicted octanol–water partition coefficient (Wildman–Crippen LogP) is 3.12. The molecule has 1 N–H and O–H groups in total. The van der Waals surface area contributed by atoms with Gasteiger partial charge in [0.2, 0.25) is 11.7 Å². The second kappa shape index (κ2) is 6.33. The molecule has 1 saturated carbocycles. The van der Waals surface area contributed by atoms with Crippen LogP contribution in [0.25, 0.3) is 11.4 Å². The third-order valence-corrected chi connectivity index (χ3v) is 5.58. The first-order valence-electron chi connectivity index (χ1n) is 8.85. The van der Waals surface area contributed by atoms with Gasteiger partial charge in [-0.2, -0.15) is 4.98 Å². The molecule has 2 fully saturated rings. The number of alkyl halides is 1. The summed E-state index contributed by atoms with van der Waals surface area (Å²) in [6.07, 6.45) is 0.649. The Kier molecular flexibility index (Phi) is 4.15. The van der Waals surface area contributed by atoms with Crippen molar-refractivity contribution in [2.24, 2.45) is 5.92 Å². The Bertz CT molecular complexity index is 804. The summed E-state index contributed by atoms with van der Waals surface area (Å²) in [5, 5.41) is 7.42. The van der Waals surface area contributed by atoms with Gasteiger partial charge in [0.15, 0.2) is 5.78 Å². The van der Waals surface area contributed by atoms with Gasteiger partial charge >= 0.3 is 0 Å². The van der Waals surface area contributed by atoms with Crippen LogP contribution in [0.1, 0.15) is 42.2 Å². The first-order valence-corrected chi connectivity index (χ1v) is 8.85. The molecule has 25 heavy (non-hydrogen) atoms. The second-order valence-electron chi connectivity index (χ2n) is 7.24. The average molecular weight is 343 g/mol. The maximum Gasteiger partial charge on any atom is 0.238 e. The molecular weight excluding hydrogens is 321 g/mol. The Morgan fingerprint density at radius 3 is 2.88 bits per heavy atom. The topological polar surface area (TPSA) is 68.0 Å². The summed E-state index contributed by atoms with van der Waals surface area (Å²) < 4.78 is 19.1. The zero-order valence-electron chi connectivity index (χ0n) is 14.5. The van der Waals surface area contributed by atoms with E-state index in [1.807, 2.05) is 32.0 Å². The Balaban J connectivity index is 1.57. The van der Waals surface area contributed by atoms with Gasteiger partial charge in [-0.1, -0.05) is 17.3 Å². The summed E-state index contributed by atoms with van der Waals surface area (Å²) in [4.78, 5) is 17.3. The van der Waals surface area contributed by atoms with E-state index >= 15 is 0 Å². The zero-order valence-corrected chi connectivity index (χ0v) is 14.5. The number of nitrogens with zero attached hydrogens (tertiary/aromatic N) is 2. The smallest absolute Gasteiger partial charge is 0.238 e. The molecule has 1 aliphatic heterocycles. The molecule has 5 nitrogen and oxygen atoms in total. The fourth-order valence-corrected chi connectivity index (χ4v) is 3.89. The van der Waals surface area contributed by atoms with E-state index in [0.29, 0.717) is 37.5 Å². The normalized spacial score (nSPS) is 29.5. The molecule has 132 valence electrons. The third kappa shape index (κ3) is 2.99. The molecule has 2 aliphatic rings. The van der Waals surface area contributed by atoms with E-state index in [0.717, 1.165) is 11.1 Å². The number of nitrogens with one attached hydrogen (secondary N) is 1. The SMILES string of the molecule is Cc1ccc(-c2noc(C3CNC4CCC(F)CC4C3=O)n2)cc1C. The summed E-state index contributed by atoms with van der Waals surface area (Å²) in [5.41, 5.74) is 3.22. The molecular formula is C19H22FN3O2. The maximum atomic E-state index is 13.7. The number of ketones is 1. The highest BCUT2D eigenvalue weighted by molar-refractivity contribution is 5.89. The molecule has 4 rings (SSSR count). The minimum Gasteiger partial charge on any atom is -0.338 e. The number of halogens is 1. The number of aromatic nitrogens is 2. The summed E-state index contributed by atoms with van der Waals surface area (Å²) in [7, 11) is 0. The molecule has 0 spiro atoms. The van der Waals surface area contributed by atoms with Crippen molar-refractivity contribution in [3.8, 4) is 11.4 Å². The molecule has 4 atom stereocenters. The zero-order chi connectivity index (χ0) is 17.6. The van der Waals surface area contributed by atoms with Crippen molar-refractivity contribution in [1.29, 1.82) is 0 Å². The minimum absolute atomic E-state index is 0.0291. The van der Waals surface area contributed by atoms with Crippen molar-refractivity contribution in [2.75, 3.05) is 6.54 Å². The van der Waals surface area contributed by atoms with Gasteiger partial charge < -0.3 is 9.84 Å². The molecule has 0 radical (unpaired) electrons. The number of fused-ring (bicyclic) bond motifs is 1. The van der Waals surface area contributed by atoms with Gasteiger partial charge in [-0.25, -0.2) is 4.39 Å². The van der Waals surface area contributed by atoms with Gasteiger partial charge in [0, 0.05) is 24.1 Å². The number of hydrogen-bond donors (Lipinski definition) is 1. The number of carbonyl (C=O) groups excluding carboxylic acids is 1. The van der Waals surface area contributed by atoms with Crippen LogP contribution < -0.4 is 5.32 Å². The molecule has 4 unspecified atom stereocenters. The van der Waals surface area contributed by atoms with Gasteiger partial charge in [0.25, 0.3) is 0 Å². The predicted molar refractivity (Wildman–Crippen MR) is 91.0 cm³/mol. The number of rotatable bonds is 2. The number of benzene rings is 1. The van der Waals surface area contributed by atoms with Crippen LogP contribution in [0.4, 0.5) is 4.39 Å². The van der Waals surface area contributed by atoms with Crippen LogP contribution in [0.2, 0.25) is 0 Å². The van der Waals surface area contributed by atoms with E-state index in [4.69, 9.17) is 4.52 Å². The van der Waals surface area contributed by atoms with Gasteiger partial charge in [-0.15, -0.1) is 0 Å². The lowest BCUT2D eigenvalue weighted by Crippen LogP contribution is -2.53. The standard InChI is InChI=1S/C19H22FN3O2/c1-10-3-4-12(7-11(10)2)18-22-19(25-23-18)15-9-21-16-6-5-13(20)8-14(16)17(15)24/h3-4,7,13-16,21H,5-6,8-9H2,1-2H3. The Morgan fingerprint density at radius 1 is 1.24 bits per heavy atom. The molecule has 2 heterocycles. The fourth-order valence-electron chi connectivity index (χ4n) is 3.89. The van der Waals surface area contributed by atoms with Crippen molar-refractivity contribution in [2.45, 2.75) is 51.2 Å². The molecule has 2 aromatic rings. The molecule has 1 saturated heterocycles. The van der Waals surface area contributed by atoms with Gasteiger partial charge in [0.1, 0.15) is 12.1 Å². The highest BCUT2D eigenvalue weighted by Crippen LogP contribution is 2.35. The summed E-state index contributed by atoms with van der Waals surface area (Å²) >= 11 is 0. The summed E-state index contributed by atoms with van der Waals surface area (Å²) in [6, 6.07) is 6.05. The maximum absolute atomic E-state index is 13.7. The van der Waals surface area contributed by atoms with Crippen LogP contribution in [-0.4, -0.2) is 34.7 Å². The van der Waals surface area contributed by atoms with Crippen molar-refractivity contribution in [1.82, 2.24) is 15.5 Å².